The van der Waals surface area contributed by atoms with Crippen LogP contribution < -0.4 is 4.74 Å². The van der Waals surface area contributed by atoms with E-state index in [-0.39, 0.29) is 36.1 Å². The molecule has 0 unspecified atom stereocenters. The number of aliphatic hydroxyl groups is 1. The molecule has 0 aliphatic rings. The molecule has 55 heavy (non-hydrogen) atoms. The van der Waals surface area contributed by atoms with E-state index < -0.39 is 35.1 Å². The molecule has 2 aromatic carbocycles. The SMILES string of the molecule is Fc1cc(C(F)(F)F)ccc1C=Cc1nc(COc2ccc(CCCCn3ccnn3)nn2)co1.OCc1coc(C=Cc2ccc(C(F)(F)F)cc2F)n1. The van der Waals surface area contributed by atoms with Gasteiger partial charge in [-0.3, -0.25) is 4.68 Å². The van der Waals surface area contributed by atoms with E-state index in [9.17, 15) is 35.1 Å². The first-order valence-corrected chi connectivity index (χ1v) is 16.2. The zero-order chi connectivity index (χ0) is 39.4. The fourth-order valence-corrected chi connectivity index (χ4v) is 4.57. The average molecular weight is 776 g/mol. The second-order valence-corrected chi connectivity index (χ2v) is 11.4. The van der Waals surface area contributed by atoms with Crippen LogP contribution in [-0.4, -0.2) is 40.3 Å². The van der Waals surface area contributed by atoms with Gasteiger partial charge in [0.05, 0.1) is 29.6 Å². The maximum Gasteiger partial charge on any atom is 0.416 e. The Labute approximate surface area is 306 Å². The fraction of sp³-hybridized carbons (Fsp3) is 0.222. The molecule has 0 radical (unpaired) electrons. The number of hydrogen-bond donors (Lipinski definition) is 1. The Morgan fingerprint density at radius 2 is 1.31 bits per heavy atom. The first kappa shape index (κ1) is 40.0. The van der Waals surface area contributed by atoms with Crippen molar-refractivity contribution in [1.29, 1.82) is 0 Å². The molecule has 0 aliphatic heterocycles. The van der Waals surface area contributed by atoms with Crippen molar-refractivity contribution in [3.8, 4) is 5.88 Å². The van der Waals surface area contributed by atoms with E-state index in [0.29, 0.717) is 29.4 Å². The molecular formula is C36H29F8N7O4. The first-order valence-electron chi connectivity index (χ1n) is 16.2. The van der Waals surface area contributed by atoms with Crippen LogP contribution >= 0.6 is 0 Å². The molecular weight excluding hydrogens is 746 g/mol. The van der Waals surface area contributed by atoms with Gasteiger partial charge in [0.1, 0.15) is 42.2 Å². The van der Waals surface area contributed by atoms with Gasteiger partial charge in [-0.05, 0) is 61.7 Å². The minimum Gasteiger partial charge on any atom is -0.470 e. The Bertz CT molecular complexity index is 2180. The summed E-state index contributed by atoms with van der Waals surface area (Å²) in [6.07, 6.45) is 4.68. The molecule has 0 spiro atoms. The fourth-order valence-electron chi connectivity index (χ4n) is 4.57. The van der Waals surface area contributed by atoms with E-state index in [2.05, 4.69) is 30.5 Å². The third-order valence-corrected chi connectivity index (χ3v) is 7.37. The maximum absolute atomic E-state index is 13.9. The molecule has 6 rings (SSSR count). The number of halogens is 8. The van der Waals surface area contributed by atoms with Gasteiger partial charge in [-0.15, -0.1) is 10.2 Å². The number of rotatable bonds is 13. The van der Waals surface area contributed by atoms with Crippen LogP contribution in [0.2, 0.25) is 0 Å². The van der Waals surface area contributed by atoms with E-state index in [4.69, 9.17) is 18.7 Å². The van der Waals surface area contributed by atoms with Crippen molar-refractivity contribution in [1.82, 2.24) is 35.2 Å². The van der Waals surface area contributed by atoms with Crippen molar-refractivity contribution >= 4 is 24.3 Å². The Kier molecular flexibility index (Phi) is 13.2. The standard InChI is InChI=1S/C23H20F4N6O2.C13H9F4NO2/c24-20-13-17(23(25,26)27)6-4-16(20)5-8-21-29-19(14-34-21)15-35-22-9-7-18(30-31-22)3-1-2-11-33-12-10-28-32-33;14-11-5-9(13(15,16)17)3-1-8(11)2-4-12-18-10(6-19)7-20-12/h4-10,12-14H,1-3,11,15H2;1-5,7,19H,6H2. The molecule has 19 heteroatoms. The summed E-state index contributed by atoms with van der Waals surface area (Å²) in [6, 6.07) is 8.08. The number of alkyl halides is 6. The number of aromatic nitrogens is 7. The van der Waals surface area contributed by atoms with Gasteiger partial charge in [0.2, 0.25) is 17.7 Å². The zero-order valence-corrected chi connectivity index (χ0v) is 28.3. The average Bonchev–Trinajstić information content (AvgIpc) is 3.95. The highest BCUT2D eigenvalue weighted by Gasteiger charge is 2.31. The molecule has 0 fully saturated rings. The molecule has 0 bridgehead atoms. The van der Waals surface area contributed by atoms with Crippen molar-refractivity contribution in [2.75, 3.05) is 0 Å². The van der Waals surface area contributed by atoms with Crippen LogP contribution in [0.3, 0.4) is 0 Å². The van der Waals surface area contributed by atoms with Gasteiger partial charge in [0.15, 0.2) is 0 Å². The Morgan fingerprint density at radius 1 is 0.709 bits per heavy atom. The summed E-state index contributed by atoms with van der Waals surface area (Å²) < 4.78 is 120. The third kappa shape index (κ3) is 12.1. The van der Waals surface area contributed by atoms with Crippen LogP contribution in [0.25, 0.3) is 24.3 Å². The number of aliphatic hydroxyl groups excluding tert-OH is 1. The predicted molar refractivity (Wildman–Crippen MR) is 179 cm³/mol. The lowest BCUT2D eigenvalue weighted by Gasteiger charge is -2.07. The van der Waals surface area contributed by atoms with Crippen LogP contribution in [-0.2, 0) is 38.5 Å². The predicted octanol–water partition coefficient (Wildman–Crippen LogP) is 8.48. The molecule has 0 aliphatic carbocycles. The minimum atomic E-state index is -4.61. The molecule has 0 saturated carbocycles. The molecule has 11 nitrogen and oxygen atoms in total. The number of aryl methyl sites for hydroxylation is 2. The van der Waals surface area contributed by atoms with Crippen molar-refractivity contribution in [3.63, 3.8) is 0 Å². The molecule has 4 heterocycles. The summed E-state index contributed by atoms with van der Waals surface area (Å²) in [5.74, 6) is -1.40. The van der Waals surface area contributed by atoms with Crippen molar-refractivity contribution in [2.24, 2.45) is 0 Å². The van der Waals surface area contributed by atoms with Gasteiger partial charge >= 0.3 is 12.4 Å². The second-order valence-electron chi connectivity index (χ2n) is 11.4. The lowest BCUT2D eigenvalue weighted by Crippen LogP contribution is -2.05. The molecule has 4 aromatic heterocycles. The summed E-state index contributed by atoms with van der Waals surface area (Å²) in [4.78, 5) is 8.00. The number of hydrogen-bond acceptors (Lipinski definition) is 10. The molecule has 6 aromatic rings. The summed E-state index contributed by atoms with van der Waals surface area (Å²) in [5.41, 5.74) is -0.549. The van der Waals surface area contributed by atoms with Crippen molar-refractivity contribution in [3.05, 3.63) is 136 Å². The van der Waals surface area contributed by atoms with Crippen molar-refractivity contribution in [2.45, 2.75) is 51.4 Å². The number of unbranched alkanes of at least 4 members (excludes halogenated alkanes) is 1. The van der Waals surface area contributed by atoms with Crippen LogP contribution in [0.5, 0.6) is 5.88 Å². The van der Waals surface area contributed by atoms with E-state index in [1.54, 1.807) is 16.9 Å². The largest absolute Gasteiger partial charge is 0.470 e. The Balaban J connectivity index is 0.000000246. The molecule has 0 atom stereocenters. The van der Waals surface area contributed by atoms with E-state index in [1.165, 1.54) is 36.8 Å². The zero-order valence-electron chi connectivity index (χ0n) is 28.3. The highest BCUT2D eigenvalue weighted by molar-refractivity contribution is 5.67. The molecule has 288 valence electrons. The number of ether oxygens (including phenoxy) is 1. The van der Waals surface area contributed by atoms with Crippen molar-refractivity contribution < 1.29 is 53.8 Å². The van der Waals surface area contributed by atoms with Crippen LogP contribution in [0.4, 0.5) is 35.1 Å². The van der Waals surface area contributed by atoms with Gasteiger partial charge in [-0.1, -0.05) is 17.3 Å². The van der Waals surface area contributed by atoms with Gasteiger partial charge in [0, 0.05) is 42.1 Å². The summed E-state index contributed by atoms with van der Waals surface area (Å²) >= 11 is 0. The Morgan fingerprint density at radius 3 is 1.80 bits per heavy atom. The maximum atomic E-state index is 13.9. The molecule has 0 saturated heterocycles. The van der Waals surface area contributed by atoms with E-state index in [1.807, 2.05) is 12.3 Å². The highest BCUT2D eigenvalue weighted by Crippen LogP contribution is 2.31. The van der Waals surface area contributed by atoms with E-state index >= 15 is 0 Å². The molecule has 1 N–H and O–H groups in total. The number of nitrogens with zero attached hydrogens (tertiary/aromatic N) is 7. The lowest BCUT2D eigenvalue weighted by molar-refractivity contribution is -0.138. The lowest BCUT2D eigenvalue weighted by atomic mass is 10.1. The highest BCUT2D eigenvalue weighted by atomic mass is 19.4. The topological polar surface area (TPSA) is 138 Å². The minimum absolute atomic E-state index is 0.0252. The summed E-state index contributed by atoms with van der Waals surface area (Å²) in [5, 5.41) is 24.6. The number of benzene rings is 2. The van der Waals surface area contributed by atoms with E-state index in [0.717, 1.165) is 55.8 Å². The monoisotopic (exact) mass is 775 g/mol. The van der Waals surface area contributed by atoms with Crippen LogP contribution in [0.15, 0.2) is 82.3 Å². The van der Waals surface area contributed by atoms with Gasteiger partial charge < -0.3 is 18.7 Å². The Hall–Kier alpha value is -6.24. The second kappa shape index (κ2) is 18.2. The number of oxazole rings is 2. The summed E-state index contributed by atoms with van der Waals surface area (Å²) in [6.45, 7) is 0.562. The van der Waals surface area contributed by atoms with Crippen LogP contribution in [0.1, 0.15) is 64.0 Å². The van der Waals surface area contributed by atoms with Gasteiger partial charge in [-0.25, -0.2) is 18.7 Å². The normalized spacial score (nSPS) is 12.0. The van der Waals surface area contributed by atoms with Crippen LogP contribution in [0, 0.1) is 11.6 Å². The van der Waals surface area contributed by atoms with Gasteiger partial charge in [-0.2, -0.15) is 31.4 Å². The summed E-state index contributed by atoms with van der Waals surface area (Å²) in [7, 11) is 0. The van der Waals surface area contributed by atoms with Gasteiger partial charge in [0.25, 0.3) is 0 Å². The quantitative estimate of drug-likeness (QED) is 0.0898. The smallest absolute Gasteiger partial charge is 0.416 e. The molecule has 0 amide bonds. The third-order valence-electron chi connectivity index (χ3n) is 7.37. The first-order chi connectivity index (χ1) is 26.3.